The van der Waals surface area contributed by atoms with Crippen LogP contribution in [0.25, 0.3) is 0 Å². The molecule has 0 aromatic carbocycles. The van der Waals surface area contributed by atoms with Gasteiger partial charge in [0, 0.05) is 38.3 Å². The smallest absolute Gasteiger partial charge is 0.304 e. The standard InChI is InChI=1S/C12H24N2O2/c1-4-11(9-12(15)16)14-7-5-13(6-8-14)10(2)3/h10-11H,4-9H2,1-3H3,(H,15,16). The number of aliphatic carboxylic acids is 1. The summed E-state index contributed by atoms with van der Waals surface area (Å²) < 4.78 is 0. The third kappa shape index (κ3) is 3.76. The maximum absolute atomic E-state index is 10.7. The quantitative estimate of drug-likeness (QED) is 0.769. The van der Waals surface area contributed by atoms with Crippen LogP contribution in [0, 0.1) is 0 Å². The van der Waals surface area contributed by atoms with Gasteiger partial charge in [-0.3, -0.25) is 14.6 Å². The Morgan fingerprint density at radius 2 is 1.69 bits per heavy atom. The van der Waals surface area contributed by atoms with Crippen LogP contribution in [0.3, 0.4) is 0 Å². The molecule has 1 fully saturated rings. The van der Waals surface area contributed by atoms with E-state index >= 15 is 0 Å². The fraction of sp³-hybridized carbons (Fsp3) is 0.917. The number of hydrogen-bond acceptors (Lipinski definition) is 3. The summed E-state index contributed by atoms with van der Waals surface area (Å²) in [6, 6.07) is 0.813. The lowest BCUT2D eigenvalue weighted by molar-refractivity contribution is -0.138. The fourth-order valence-electron chi connectivity index (χ4n) is 2.35. The van der Waals surface area contributed by atoms with Gasteiger partial charge in [0.25, 0.3) is 0 Å². The topological polar surface area (TPSA) is 43.8 Å². The van der Waals surface area contributed by atoms with E-state index in [0.29, 0.717) is 6.04 Å². The van der Waals surface area contributed by atoms with Crippen LogP contribution in [0.4, 0.5) is 0 Å². The number of nitrogens with zero attached hydrogens (tertiary/aromatic N) is 2. The average Bonchev–Trinajstić information content (AvgIpc) is 2.25. The molecule has 1 atom stereocenters. The number of rotatable bonds is 5. The molecule has 0 bridgehead atoms. The van der Waals surface area contributed by atoms with E-state index in [1.54, 1.807) is 0 Å². The third-order valence-corrected chi connectivity index (χ3v) is 3.48. The second-order valence-electron chi connectivity index (χ2n) is 4.83. The van der Waals surface area contributed by atoms with Gasteiger partial charge < -0.3 is 5.11 Å². The molecule has 94 valence electrons. The molecule has 0 aliphatic carbocycles. The van der Waals surface area contributed by atoms with Crippen LogP contribution >= 0.6 is 0 Å². The third-order valence-electron chi connectivity index (χ3n) is 3.48. The highest BCUT2D eigenvalue weighted by Crippen LogP contribution is 2.13. The molecule has 1 aliphatic rings. The molecule has 1 aliphatic heterocycles. The molecule has 1 unspecified atom stereocenters. The summed E-state index contributed by atoms with van der Waals surface area (Å²) in [7, 11) is 0. The summed E-state index contributed by atoms with van der Waals surface area (Å²) in [5, 5.41) is 8.85. The van der Waals surface area contributed by atoms with Gasteiger partial charge in [0.15, 0.2) is 0 Å². The number of carboxylic acids is 1. The van der Waals surface area contributed by atoms with Crippen LogP contribution in [0.5, 0.6) is 0 Å². The SMILES string of the molecule is CCC(CC(=O)O)N1CCN(C(C)C)CC1. The first-order valence-corrected chi connectivity index (χ1v) is 6.24. The van der Waals surface area contributed by atoms with E-state index in [2.05, 4.69) is 30.6 Å². The summed E-state index contributed by atoms with van der Waals surface area (Å²) in [5.41, 5.74) is 0. The van der Waals surface area contributed by atoms with E-state index in [4.69, 9.17) is 5.11 Å². The molecule has 4 heteroatoms. The molecule has 1 heterocycles. The zero-order valence-electron chi connectivity index (χ0n) is 10.6. The Morgan fingerprint density at radius 1 is 1.19 bits per heavy atom. The molecule has 0 spiro atoms. The highest BCUT2D eigenvalue weighted by Gasteiger charge is 2.25. The van der Waals surface area contributed by atoms with Crippen molar-refractivity contribution in [1.29, 1.82) is 0 Å². The highest BCUT2D eigenvalue weighted by atomic mass is 16.4. The van der Waals surface area contributed by atoms with Gasteiger partial charge in [-0.15, -0.1) is 0 Å². The average molecular weight is 228 g/mol. The van der Waals surface area contributed by atoms with E-state index < -0.39 is 5.97 Å². The van der Waals surface area contributed by atoms with Crippen molar-refractivity contribution < 1.29 is 9.90 Å². The van der Waals surface area contributed by atoms with E-state index in [1.807, 2.05) is 0 Å². The normalized spacial score (nSPS) is 21.2. The maximum atomic E-state index is 10.7. The van der Waals surface area contributed by atoms with Crippen molar-refractivity contribution in [2.45, 2.75) is 45.7 Å². The lowest BCUT2D eigenvalue weighted by atomic mass is 10.1. The number of carboxylic acid groups (broad SMARTS) is 1. The minimum Gasteiger partial charge on any atom is -0.481 e. The molecule has 0 aromatic heterocycles. The molecular weight excluding hydrogens is 204 g/mol. The first-order valence-electron chi connectivity index (χ1n) is 6.24. The lowest BCUT2D eigenvalue weighted by Gasteiger charge is -2.40. The Balaban J connectivity index is 2.41. The number of piperazine rings is 1. The van der Waals surface area contributed by atoms with Gasteiger partial charge in [0.2, 0.25) is 0 Å². The first kappa shape index (κ1) is 13.5. The van der Waals surface area contributed by atoms with Gasteiger partial charge in [-0.05, 0) is 20.3 Å². The molecule has 1 rings (SSSR count). The maximum Gasteiger partial charge on any atom is 0.304 e. The molecule has 0 saturated carbocycles. The van der Waals surface area contributed by atoms with Crippen LogP contribution in [0.1, 0.15) is 33.6 Å². The zero-order valence-corrected chi connectivity index (χ0v) is 10.6. The fourth-order valence-corrected chi connectivity index (χ4v) is 2.35. The molecule has 16 heavy (non-hydrogen) atoms. The van der Waals surface area contributed by atoms with Crippen molar-refractivity contribution in [1.82, 2.24) is 9.80 Å². The van der Waals surface area contributed by atoms with E-state index in [0.717, 1.165) is 32.6 Å². The molecule has 0 radical (unpaired) electrons. The Morgan fingerprint density at radius 3 is 2.06 bits per heavy atom. The van der Waals surface area contributed by atoms with Crippen molar-refractivity contribution in [3.63, 3.8) is 0 Å². The van der Waals surface area contributed by atoms with Crippen LogP contribution in [0.2, 0.25) is 0 Å². The van der Waals surface area contributed by atoms with Gasteiger partial charge in [-0.2, -0.15) is 0 Å². The van der Waals surface area contributed by atoms with Gasteiger partial charge in [0.1, 0.15) is 0 Å². The van der Waals surface area contributed by atoms with Crippen molar-refractivity contribution in [2.75, 3.05) is 26.2 Å². The van der Waals surface area contributed by atoms with Crippen molar-refractivity contribution in [2.24, 2.45) is 0 Å². The van der Waals surface area contributed by atoms with Crippen LogP contribution in [-0.4, -0.2) is 59.1 Å². The van der Waals surface area contributed by atoms with E-state index in [9.17, 15) is 4.79 Å². The summed E-state index contributed by atoms with van der Waals surface area (Å²) in [4.78, 5) is 15.5. The van der Waals surface area contributed by atoms with E-state index in [1.165, 1.54) is 0 Å². The number of carbonyl (C=O) groups is 1. The summed E-state index contributed by atoms with van der Waals surface area (Å²) in [5.74, 6) is -0.682. The van der Waals surface area contributed by atoms with Crippen LogP contribution in [-0.2, 0) is 4.79 Å². The van der Waals surface area contributed by atoms with E-state index in [-0.39, 0.29) is 12.5 Å². The molecule has 1 N–H and O–H groups in total. The monoisotopic (exact) mass is 228 g/mol. The van der Waals surface area contributed by atoms with Crippen molar-refractivity contribution in [3.05, 3.63) is 0 Å². The highest BCUT2D eigenvalue weighted by molar-refractivity contribution is 5.67. The predicted molar refractivity (Wildman–Crippen MR) is 64.6 cm³/mol. The van der Waals surface area contributed by atoms with Crippen molar-refractivity contribution in [3.8, 4) is 0 Å². The first-order chi connectivity index (χ1) is 7.54. The number of hydrogen-bond donors (Lipinski definition) is 1. The van der Waals surface area contributed by atoms with Gasteiger partial charge in [0.05, 0.1) is 6.42 Å². The Hall–Kier alpha value is -0.610. The molecule has 0 amide bonds. The van der Waals surface area contributed by atoms with Crippen molar-refractivity contribution >= 4 is 5.97 Å². The molecule has 1 saturated heterocycles. The van der Waals surface area contributed by atoms with Crippen LogP contribution in [0.15, 0.2) is 0 Å². The second kappa shape index (κ2) is 6.21. The van der Waals surface area contributed by atoms with Gasteiger partial charge in [-0.25, -0.2) is 0 Å². The predicted octanol–water partition coefficient (Wildman–Crippen LogP) is 1.27. The summed E-state index contributed by atoms with van der Waals surface area (Å²) >= 11 is 0. The van der Waals surface area contributed by atoms with Gasteiger partial charge in [-0.1, -0.05) is 6.92 Å². The summed E-state index contributed by atoms with van der Waals surface area (Å²) in [6.45, 7) is 10.6. The Labute approximate surface area is 98.2 Å². The van der Waals surface area contributed by atoms with Gasteiger partial charge >= 0.3 is 5.97 Å². The molecule has 0 aromatic rings. The molecular formula is C12H24N2O2. The lowest BCUT2D eigenvalue weighted by Crippen LogP contribution is -2.52. The van der Waals surface area contributed by atoms with Crippen LogP contribution < -0.4 is 0 Å². The minimum atomic E-state index is -0.682. The molecule has 4 nitrogen and oxygen atoms in total. The Kier molecular flexibility index (Phi) is 5.22. The zero-order chi connectivity index (χ0) is 12.1. The Bertz CT molecular complexity index is 223. The second-order valence-corrected chi connectivity index (χ2v) is 4.83. The minimum absolute atomic E-state index is 0.215. The summed E-state index contributed by atoms with van der Waals surface area (Å²) in [6.07, 6.45) is 1.20. The largest absolute Gasteiger partial charge is 0.481 e.